The number of hydrogen-bond donors (Lipinski definition) is 2. The minimum absolute atomic E-state index is 0.0734. The van der Waals surface area contributed by atoms with E-state index in [0.717, 1.165) is 76.4 Å². The molecular formula is C28H50N2O8S2. The molecule has 0 heterocycles. The first-order valence-corrected chi connectivity index (χ1v) is 18.1. The molecule has 12 heteroatoms. The van der Waals surface area contributed by atoms with E-state index in [1.54, 1.807) is 0 Å². The second-order valence-corrected chi connectivity index (χ2v) is 15.7. The fourth-order valence-electron chi connectivity index (χ4n) is 5.19. The van der Waals surface area contributed by atoms with Gasteiger partial charge in [-0.25, -0.2) is 35.9 Å². The summed E-state index contributed by atoms with van der Waals surface area (Å²) in [5.74, 6) is -1.38. The van der Waals surface area contributed by atoms with Gasteiger partial charge in [-0.05, 0) is 49.4 Å². The molecular weight excluding hydrogens is 556 g/mol. The standard InChI is InChI=1S/C28H50N2O8S2/c1-21(2)25(29-39(33,34)19-23-11-7-5-8-12-23)17-37-27(31)15-16-28(32)38-18-26(22(3)4)30-40(35,36)20-24-13-9-6-10-14-24/h15-16,21-26,29-30H,5-14,17-20H2,1-4H3/b16-15+/t25-,26-/m1/s1. The summed E-state index contributed by atoms with van der Waals surface area (Å²) in [7, 11) is -7.05. The summed E-state index contributed by atoms with van der Waals surface area (Å²) in [6.07, 6.45) is 12.0. The summed E-state index contributed by atoms with van der Waals surface area (Å²) in [5.41, 5.74) is 0. The largest absolute Gasteiger partial charge is 0.461 e. The third kappa shape index (κ3) is 13.9. The van der Waals surface area contributed by atoms with Gasteiger partial charge >= 0.3 is 11.9 Å². The molecule has 2 aliphatic carbocycles. The van der Waals surface area contributed by atoms with Gasteiger partial charge in [0, 0.05) is 12.2 Å². The van der Waals surface area contributed by atoms with Crippen LogP contribution in [0.15, 0.2) is 12.2 Å². The van der Waals surface area contributed by atoms with Crippen LogP contribution >= 0.6 is 0 Å². The van der Waals surface area contributed by atoms with E-state index >= 15 is 0 Å². The first-order chi connectivity index (χ1) is 18.8. The molecule has 0 bridgehead atoms. The zero-order chi connectivity index (χ0) is 29.8. The van der Waals surface area contributed by atoms with Gasteiger partial charge in [0.05, 0.1) is 23.6 Å². The van der Waals surface area contributed by atoms with Gasteiger partial charge in [-0.2, -0.15) is 0 Å². The zero-order valence-electron chi connectivity index (χ0n) is 24.6. The van der Waals surface area contributed by atoms with E-state index in [0.29, 0.717) is 0 Å². The number of carbonyl (C=O) groups excluding carboxylic acids is 2. The Morgan fingerprint density at radius 2 is 0.975 bits per heavy atom. The SMILES string of the molecule is CC(C)[C@@H](COC(=O)/C=C/C(=O)OC[C@@H](NS(=O)(=O)CC1CCCCC1)C(C)C)NS(=O)(=O)CC1CCCCC1. The Balaban J connectivity index is 1.79. The zero-order valence-corrected chi connectivity index (χ0v) is 26.2. The van der Waals surface area contributed by atoms with Crippen molar-refractivity contribution in [2.75, 3.05) is 24.7 Å². The molecule has 0 aliphatic heterocycles. The van der Waals surface area contributed by atoms with E-state index in [4.69, 9.17) is 9.47 Å². The van der Waals surface area contributed by atoms with Gasteiger partial charge in [0.2, 0.25) is 20.0 Å². The molecule has 0 saturated heterocycles. The Morgan fingerprint density at radius 1 is 0.650 bits per heavy atom. The molecule has 0 aromatic carbocycles. The van der Waals surface area contributed by atoms with Crippen molar-refractivity contribution >= 4 is 32.0 Å². The molecule has 232 valence electrons. The second kappa shape index (κ2) is 16.8. The van der Waals surface area contributed by atoms with Crippen LogP contribution < -0.4 is 9.44 Å². The average molecular weight is 607 g/mol. The lowest BCUT2D eigenvalue weighted by atomic mass is 9.91. The summed E-state index contributed by atoms with van der Waals surface area (Å²) in [5, 5.41) is 0. The minimum Gasteiger partial charge on any atom is -0.461 e. The number of nitrogens with one attached hydrogen (secondary N) is 2. The lowest BCUT2D eigenvalue weighted by Crippen LogP contribution is -2.44. The van der Waals surface area contributed by atoms with E-state index in [-0.39, 0.29) is 48.4 Å². The molecule has 2 fully saturated rings. The van der Waals surface area contributed by atoms with Crippen molar-refractivity contribution in [2.24, 2.45) is 23.7 Å². The fraction of sp³-hybridized carbons (Fsp3) is 0.857. The summed E-state index contributed by atoms with van der Waals surface area (Å²) >= 11 is 0. The van der Waals surface area contributed by atoms with E-state index in [1.165, 1.54) is 0 Å². The Kier molecular flexibility index (Phi) is 14.6. The van der Waals surface area contributed by atoms with Gasteiger partial charge in [0.15, 0.2) is 0 Å². The quantitative estimate of drug-likeness (QED) is 0.200. The molecule has 0 unspecified atom stereocenters. The lowest BCUT2D eigenvalue weighted by molar-refractivity contribution is -0.141. The van der Waals surface area contributed by atoms with Crippen molar-refractivity contribution in [3.05, 3.63) is 12.2 Å². The van der Waals surface area contributed by atoms with Gasteiger partial charge in [0.25, 0.3) is 0 Å². The highest BCUT2D eigenvalue weighted by Gasteiger charge is 2.27. The Bertz CT molecular complexity index is 947. The highest BCUT2D eigenvalue weighted by atomic mass is 32.2. The molecule has 40 heavy (non-hydrogen) atoms. The molecule has 0 spiro atoms. The molecule has 2 saturated carbocycles. The van der Waals surface area contributed by atoms with E-state index in [1.807, 2.05) is 27.7 Å². The van der Waals surface area contributed by atoms with Crippen molar-refractivity contribution in [3.8, 4) is 0 Å². The van der Waals surface area contributed by atoms with Gasteiger partial charge < -0.3 is 9.47 Å². The Labute approximate surface area is 241 Å². The number of esters is 2. The van der Waals surface area contributed by atoms with Crippen LogP contribution in [0.25, 0.3) is 0 Å². The van der Waals surface area contributed by atoms with Crippen molar-refractivity contribution < 1.29 is 35.9 Å². The van der Waals surface area contributed by atoms with Crippen LogP contribution in [0.2, 0.25) is 0 Å². The van der Waals surface area contributed by atoms with Crippen LogP contribution in [-0.2, 0) is 39.1 Å². The smallest absolute Gasteiger partial charge is 0.331 e. The maximum Gasteiger partial charge on any atom is 0.331 e. The summed E-state index contributed by atoms with van der Waals surface area (Å²) < 4.78 is 66.4. The van der Waals surface area contributed by atoms with Crippen LogP contribution in [0.3, 0.4) is 0 Å². The Morgan fingerprint density at radius 3 is 1.27 bits per heavy atom. The molecule has 2 rings (SSSR count). The normalized spacial score (nSPS) is 19.6. The van der Waals surface area contributed by atoms with Crippen LogP contribution in [-0.4, -0.2) is 65.6 Å². The molecule has 0 amide bonds. The third-order valence-corrected chi connectivity index (χ3v) is 10.9. The first kappa shape index (κ1) is 34.7. The molecule has 2 atom stereocenters. The van der Waals surface area contributed by atoms with Crippen LogP contribution in [0, 0.1) is 23.7 Å². The summed E-state index contributed by atoms with van der Waals surface area (Å²) in [6, 6.07) is -1.18. The van der Waals surface area contributed by atoms with Gasteiger partial charge in [0.1, 0.15) is 13.2 Å². The van der Waals surface area contributed by atoms with E-state index < -0.39 is 44.1 Å². The molecule has 0 aromatic heterocycles. The highest BCUT2D eigenvalue weighted by molar-refractivity contribution is 7.89. The average Bonchev–Trinajstić information content (AvgIpc) is 2.88. The van der Waals surface area contributed by atoms with Crippen molar-refractivity contribution in [1.29, 1.82) is 0 Å². The second-order valence-electron chi connectivity index (χ2n) is 12.1. The monoisotopic (exact) mass is 606 g/mol. The maximum atomic E-state index is 12.7. The topological polar surface area (TPSA) is 145 Å². The van der Waals surface area contributed by atoms with Gasteiger partial charge in [-0.15, -0.1) is 0 Å². The van der Waals surface area contributed by atoms with E-state index in [2.05, 4.69) is 9.44 Å². The molecule has 10 nitrogen and oxygen atoms in total. The van der Waals surface area contributed by atoms with Crippen LogP contribution in [0.5, 0.6) is 0 Å². The predicted molar refractivity (Wildman–Crippen MR) is 155 cm³/mol. The number of carbonyl (C=O) groups is 2. The molecule has 2 aliphatic rings. The summed E-state index contributed by atoms with van der Waals surface area (Å²) in [4.78, 5) is 24.4. The van der Waals surface area contributed by atoms with Crippen molar-refractivity contribution in [2.45, 2.75) is 104 Å². The lowest BCUT2D eigenvalue weighted by Gasteiger charge is -2.25. The Hall–Kier alpha value is -1.50. The van der Waals surface area contributed by atoms with Crippen molar-refractivity contribution in [3.63, 3.8) is 0 Å². The molecule has 0 aromatic rings. The third-order valence-electron chi connectivity index (χ3n) is 7.80. The van der Waals surface area contributed by atoms with Crippen LogP contribution in [0.1, 0.15) is 91.9 Å². The predicted octanol–water partition coefficient (Wildman–Crippen LogP) is 3.68. The van der Waals surface area contributed by atoms with Gasteiger partial charge in [-0.3, -0.25) is 0 Å². The number of ether oxygens (including phenoxy) is 2. The number of rotatable bonds is 16. The first-order valence-electron chi connectivity index (χ1n) is 14.8. The number of hydrogen-bond acceptors (Lipinski definition) is 8. The molecule has 0 radical (unpaired) electrons. The highest BCUT2D eigenvalue weighted by Crippen LogP contribution is 2.26. The fourth-order valence-corrected chi connectivity index (χ4v) is 8.89. The minimum atomic E-state index is -3.53. The van der Waals surface area contributed by atoms with Crippen molar-refractivity contribution in [1.82, 2.24) is 9.44 Å². The maximum absolute atomic E-state index is 12.7. The molecule has 2 N–H and O–H groups in total. The van der Waals surface area contributed by atoms with Crippen LogP contribution in [0.4, 0.5) is 0 Å². The van der Waals surface area contributed by atoms with Gasteiger partial charge in [-0.1, -0.05) is 66.2 Å². The van der Waals surface area contributed by atoms with E-state index in [9.17, 15) is 26.4 Å². The summed E-state index contributed by atoms with van der Waals surface area (Å²) in [6.45, 7) is 7.01. The number of sulfonamides is 2.